The molecule has 0 saturated heterocycles. The van der Waals surface area contributed by atoms with E-state index in [0.717, 1.165) is 26.9 Å². The standard InChI is InChI=1S/C18H18N6O2S/c1-8-17(27-9(2)19-8)15-13-12-10(16(25)14(13)21-22-15)6-5-7-11(12)20-18(26)23-24(3)4/h5-7,13H,1-4H3,(H2,20,23,26)/p+1. The van der Waals surface area contributed by atoms with Crippen LogP contribution in [0.25, 0.3) is 0 Å². The van der Waals surface area contributed by atoms with Gasteiger partial charge in [0.05, 0.1) is 5.92 Å². The number of benzene rings is 1. The maximum atomic E-state index is 12.8. The van der Waals surface area contributed by atoms with Gasteiger partial charge in [-0.05, 0) is 6.07 Å². The van der Waals surface area contributed by atoms with Crippen molar-refractivity contribution in [3.63, 3.8) is 0 Å². The molecule has 2 aliphatic rings. The van der Waals surface area contributed by atoms with Gasteiger partial charge in [-0.3, -0.25) is 10.2 Å². The number of aromatic nitrogens is 1. The van der Waals surface area contributed by atoms with Gasteiger partial charge in [-0.1, -0.05) is 23.5 Å². The molecule has 0 saturated carbocycles. The SMILES string of the molecule is Cc1[nH+]c(C)c(C2=NN=C3C(=O)c4cccc(NC(=O)NN(C)C)c4C32)s1. The van der Waals surface area contributed by atoms with E-state index in [1.54, 1.807) is 48.6 Å². The second kappa shape index (κ2) is 6.36. The lowest BCUT2D eigenvalue weighted by atomic mass is 9.92. The third-order valence-corrected chi connectivity index (χ3v) is 5.58. The molecule has 1 atom stereocenters. The van der Waals surface area contributed by atoms with Crippen LogP contribution in [-0.2, 0) is 0 Å². The molecule has 27 heavy (non-hydrogen) atoms. The summed E-state index contributed by atoms with van der Waals surface area (Å²) in [5.74, 6) is -0.506. The molecule has 1 unspecified atom stereocenters. The lowest BCUT2D eigenvalue weighted by Crippen LogP contribution is -2.39. The Morgan fingerprint density at radius 3 is 2.63 bits per heavy atom. The minimum absolute atomic E-state index is 0.139. The summed E-state index contributed by atoms with van der Waals surface area (Å²) < 4.78 is 0. The molecule has 0 radical (unpaired) electrons. The first-order valence-corrected chi connectivity index (χ1v) is 9.26. The van der Waals surface area contributed by atoms with Crippen LogP contribution >= 0.6 is 11.3 Å². The number of ketones is 1. The Labute approximate surface area is 160 Å². The zero-order chi connectivity index (χ0) is 19.3. The van der Waals surface area contributed by atoms with Crippen molar-refractivity contribution in [2.45, 2.75) is 19.8 Å². The van der Waals surface area contributed by atoms with Crippen molar-refractivity contribution >= 4 is 40.3 Å². The predicted molar refractivity (Wildman–Crippen MR) is 104 cm³/mol. The third-order valence-electron chi connectivity index (χ3n) is 4.45. The Morgan fingerprint density at radius 1 is 1.22 bits per heavy atom. The molecule has 0 fully saturated rings. The van der Waals surface area contributed by atoms with Crippen molar-refractivity contribution < 1.29 is 14.6 Å². The molecule has 1 aliphatic carbocycles. The molecule has 0 bridgehead atoms. The van der Waals surface area contributed by atoms with E-state index in [1.807, 2.05) is 13.8 Å². The van der Waals surface area contributed by atoms with E-state index >= 15 is 0 Å². The highest BCUT2D eigenvalue weighted by Gasteiger charge is 2.46. The second-order valence-corrected chi connectivity index (χ2v) is 7.92. The molecule has 0 spiro atoms. The summed E-state index contributed by atoms with van der Waals surface area (Å²) in [5.41, 5.74) is 6.67. The maximum absolute atomic E-state index is 12.8. The van der Waals surface area contributed by atoms with Crippen LogP contribution < -0.4 is 15.7 Å². The minimum atomic E-state index is -0.376. The Morgan fingerprint density at radius 2 is 1.96 bits per heavy atom. The Bertz CT molecular complexity index is 1040. The average molecular weight is 383 g/mol. The number of hydrazine groups is 1. The van der Waals surface area contributed by atoms with E-state index in [4.69, 9.17) is 0 Å². The number of nitrogens with zero attached hydrogens (tertiary/aromatic N) is 3. The van der Waals surface area contributed by atoms with E-state index in [9.17, 15) is 9.59 Å². The van der Waals surface area contributed by atoms with E-state index in [2.05, 4.69) is 25.9 Å². The summed E-state index contributed by atoms with van der Waals surface area (Å²) in [6.45, 7) is 3.97. The lowest BCUT2D eigenvalue weighted by Gasteiger charge is -2.17. The number of Topliss-reactive ketones (excluding diaryl/α,β-unsaturated/α-hetero) is 1. The smallest absolute Gasteiger partial charge is 0.307 e. The first kappa shape index (κ1) is 17.5. The fourth-order valence-electron chi connectivity index (χ4n) is 3.47. The minimum Gasteiger partial charge on any atom is -0.307 e. The molecule has 2 heterocycles. The monoisotopic (exact) mass is 383 g/mol. The number of hydrogen-bond acceptors (Lipinski definition) is 6. The van der Waals surface area contributed by atoms with Crippen molar-refractivity contribution in [1.29, 1.82) is 0 Å². The van der Waals surface area contributed by atoms with Crippen molar-refractivity contribution in [3.8, 4) is 0 Å². The number of carbonyl (C=O) groups excluding carboxylic acids is 2. The summed E-state index contributed by atoms with van der Waals surface area (Å²) in [4.78, 5) is 29.3. The molecule has 138 valence electrons. The first-order chi connectivity index (χ1) is 12.9. The topological polar surface area (TPSA) is 100 Å². The average Bonchev–Trinajstić information content (AvgIpc) is 3.22. The van der Waals surface area contributed by atoms with Gasteiger partial charge in [0.25, 0.3) is 0 Å². The van der Waals surface area contributed by atoms with Gasteiger partial charge in [-0.15, -0.1) is 0 Å². The van der Waals surface area contributed by atoms with E-state index < -0.39 is 0 Å². The van der Waals surface area contributed by atoms with Gasteiger partial charge in [0.15, 0.2) is 5.69 Å². The van der Waals surface area contributed by atoms with Gasteiger partial charge in [0.2, 0.25) is 10.8 Å². The van der Waals surface area contributed by atoms with E-state index in [0.29, 0.717) is 17.0 Å². The Balaban J connectivity index is 1.78. The Kier molecular flexibility index (Phi) is 4.12. The Hall–Kier alpha value is -2.91. The molecule has 9 heteroatoms. The fourth-order valence-corrected chi connectivity index (χ4v) is 4.45. The molecule has 2 amide bonds. The summed E-state index contributed by atoms with van der Waals surface area (Å²) in [6, 6.07) is 4.94. The third kappa shape index (κ3) is 2.84. The predicted octanol–water partition coefficient (Wildman–Crippen LogP) is 1.92. The van der Waals surface area contributed by atoms with Gasteiger partial charge < -0.3 is 5.32 Å². The van der Waals surface area contributed by atoms with Crippen LogP contribution in [0.2, 0.25) is 0 Å². The van der Waals surface area contributed by atoms with Gasteiger partial charge >= 0.3 is 6.03 Å². The number of anilines is 1. The number of amides is 2. The summed E-state index contributed by atoms with van der Waals surface area (Å²) in [5, 5.41) is 13.9. The number of H-pyrrole nitrogens is 1. The van der Waals surface area contributed by atoms with Gasteiger partial charge in [0, 0.05) is 44.8 Å². The number of rotatable bonds is 3. The molecule has 8 nitrogen and oxygen atoms in total. The van der Waals surface area contributed by atoms with Crippen molar-refractivity contribution in [3.05, 3.63) is 44.9 Å². The highest BCUT2D eigenvalue weighted by Crippen LogP contribution is 2.42. The molecule has 2 aromatic rings. The zero-order valence-electron chi connectivity index (χ0n) is 15.4. The number of thiazole rings is 1. The van der Waals surface area contributed by atoms with Crippen LogP contribution in [0.15, 0.2) is 28.4 Å². The van der Waals surface area contributed by atoms with Crippen LogP contribution in [0.1, 0.15) is 37.4 Å². The highest BCUT2D eigenvalue weighted by atomic mass is 32.1. The molecular formula is C18H19N6O2S+. The van der Waals surface area contributed by atoms with Crippen LogP contribution in [0.4, 0.5) is 10.5 Å². The number of nitrogens with one attached hydrogen (secondary N) is 3. The fraction of sp³-hybridized carbons (Fsp3) is 0.278. The first-order valence-electron chi connectivity index (χ1n) is 8.44. The summed E-state index contributed by atoms with van der Waals surface area (Å²) in [7, 11) is 3.45. The molecular weight excluding hydrogens is 364 g/mol. The number of carbonyl (C=O) groups is 2. The van der Waals surface area contributed by atoms with Crippen molar-refractivity contribution in [2.75, 3.05) is 19.4 Å². The van der Waals surface area contributed by atoms with Crippen molar-refractivity contribution in [2.24, 2.45) is 10.2 Å². The molecule has 1 aliphatic heterocycles. The van der Waals surface area contributed by atoms with Gasteiger partial charge in [0.1, 0.15) is 16.3 Å². The number of aromatic amines is 1. The second-order valence-electron chi connectivity index (χ2n) is 6.70. The van der Waals surface area contributed by atoms with Crippen LogP contribution in [0.3, 0.4) is 0 Å². The number of fused-ring (bicyclic) bond motifs is 3. The van der Waals surface area contributed by atoms with E-state index in [1.165, 1.54) is 0 Å². The zero-order valence-corrected chi connectivity index (χ0v) is 16.2. The molecule has 1 aromatic carbocycles. The molecule has 3 N–H and O–H groups in total. The van der Waals surface area contributed by atoms with Gasteiger partial charge in [-0.2, -0.15) is 10.2 Å². The quantitative estimate of drug-likeness (QED) is 0.792. The molecule has 4 rings (SSSR count). The number of urea groups is 1. The summed E-state index contributed by atoms with van der Waals surface area (Å²) >= 11 is 1.59. The normalized spacial score (nSPS) is 17.5. The highest BCUT2D eigenvalue weighted by molar-refractivity contribution is 7.13. The lowest BCUT2D eigenvalue weighted by molar-refractivity contribution is -0.389. The van der Waals surface area contributed by atoms with Crippen molar-refractivity contribution in [1.82, 2.24) is 10.4 Å². The maximum Gasteiger partial charge on any atom is 0.333 e. The molecule has 1 aromatic heterocycles. The van der Waals surface area contributed by atoms with Crippen LogP contribution in [0.5, 0.6) is 0 Å². The largest absolute Gasteiger partial charge is 0.333 e. The summed E-state index contributed by atoms with van der Waals surface area (Å²) in [6.07, 6.45) is 0. The van der Waals surface area contributed by atoms with Crippen LogP contribution in [0, 0.1) is 13.8 Å². The number of hydrogen-bond donors (Lipinski definition) is 2. The van der Waals surface area contributed by atoms with Crippen LogP contribution in [-0.4, -0.2) is 42.3 Å². The number of aryl methyl sites for hydroxylation is 2. The van der Waals surface area contributed by atoms with Gasteiger partial charge in [-0.25, -0.2) is 14.8 Å². The van der Waals surface area contributed by atoms with E-state index in [-0.39, 0.29) is 17.7 Å².